The van der Waals surface area contributed by atoms with Crippen LogP contribution >= 0.6 is 11.6 Å². The normalized spacial score (nSPS) is 10.8. The Hall–Kier alpha value is -2.41. The largest absolute Gasteiger partial charge is 0.274 e. The van der Waals surface area contributed by atoms with Gasteiger partial charge in [0.15, 0.2) is 17.2 Å². The number of halogens is 2. The second-order valence-corrected chi connectivity index (χ2v) is 3.99. The van der Waals surface area contributed by atoms with Crippen LogP contribution in [0.25, 0.3) is 16.9 Å². The third-order valence-electron chi connectivity index (χ3n) is 2.47. The number of aromatic nitrogens is 5. The van der Waals surface area contributed by atoms with Crippen molar-refractivity contribution in [3.63, 3.8) is 0 Å². The smallest absolute Gasteiger partial charge is 0.273 e. The fraction of sp³-hybridized carbons (Fsp3) is 0. The van der Waals surface area contributed by atoms with Crippen molar-refractivity contribution in [2.45, 2.75) is 0 Å². The first-order valence-electron chi connectivity index (χ1n) is 5.19. The summed E-state index contributed by atoms with van der Waals surface area (Å²) < 4.78 is 15.0. The number of rotatable bonds is 2. The van der Waals surface area contributed by atoms with E-state index in [9.17, 15) is 9.18 Å². The van der Waals surface area contributed by atoms with Gasteiger partial charge in [0.05, 0.1) is 11.9 Å². The molecule has 0 saturated heterocycles. The first-order chi connectivity index (χ1) is 9.16. The summed E-state index contributed by atoms with van der Waals surface area (Å²) in [7, 11) is 0. The van der Waals surface area contributed by atoms with Crippen LogP contribution in [-0.4, -0.2) is 30.2 Å². The Morgan fingerprint density at radius 2 is 2.21 bits per heavy atom. The van der Waals surface area contributed by atoms with Gasteiger partial charge in [0.2, 0.25) is 0 Å². The zero-order chi connectivity index (χ0) is 13.4. The van der Waals surface area contributed by atoms with Gasteiger partial charge in [-0.05, 0) is 23.7 Å². The van der Waals surface area contributed by atoms with Gasteiger partial charge in [-0.25, -0.2) is 14.4 Å². The van der Waals surface area contributed by atoms with Gasteiger partial charge < -0.3 is 0 Å². The average Bonchev–Trinajstić information content (AvgIpc) is 2.82. The third kappa shape index (κ3) is 1.93. The minimum Gasteiger partial charge on any atom is -0.274 e. The van der Waals surface area contributed by atoms with E-state index in [0.717, 1.165) is 6.07 Å². The fourth-order valence-corrected chi connectivity index (χ4v) is 1.77. The summed E-state index contributed by atoms with van der Waals surface area (Å²) in [5.74, 6) is -0.822. The summed E-state index contributed by atoms with van der Waals surface area (Å²) in [6, 6.07) is 4.55. The van der Waals surface area contributed by atoms with Crippen molar-refractivity contribution in [2.24, 2.45) is 0 Å². The Bertz CT molecular complexity index is 788. The summed E-state index contributed by atoms with van der Waals surface area (Å²) in [6.45, 7) is 0. The van der Waals surface area contributed by atoms with Crippen LogP contribution in [0.3, 0.4) is 0 Å². The fourth-order valence-electron chi connectivity index (χ4n) is 1.63. The molecule has 0 spiro atoms. The van der Waals surface area contributed by atoms with Crippen molar-refractivity contribution in [3.05, 3.63) is 42.1 Å². The maximum absolute atomic E-state index is 13.6. The standard InChI is InChI=1S/C11H5ClFN5O/c12-10(19)9-7(13)4-6(5-15-9)18-11-8(16-17-18)2-1-3-14-11/h1-5H. The molecule has 3 heterocycles. The van der Waals surface area contributed by atoms with E-state index in [0.29, 0.717) is 16.9 Å². The van der Waals surface area contributed by atoms with Crippen molar-refractivity contribution in [3.8, 4) is 5.69 Å². The molecule has 3 rings (SSSR count). The maximum atomic E-state index is 13.6. The van der Waals surface area contributed by atoms with E-state index in [2.05, 4.69) is 20.3 Å². The molecule has 6 nitrogen and oxygen atoms in total. The molecular weight excluding hydrogens is 273 g/mol. The molecule has 0 N–H and O–H groups in total. The van der Waals surface area contributed by atoms with Crippen molar-refractivity contribution < 1.29 is 9.18 Å². The number of fused-ring (bicyclic) bond motifs is 1. The topological polar surface area (TPSA) is 73.6 Å². The lowest BCUT2D eigenvalue weighted by Crippen LogP contribution is -2.04. The molecule has 0 radical (unpaired) electrons. The molecule has 0 unspecified atom stereocenters. The molecule has 0 bridgehead atoms. The number of carbonyl (C=O) groups is 1. The highest BCUT2D eigenvalue weighted by Crippen LogP contribution is 2.16. The Kier molecular flexibility index (Phi) is 2.68. The molecule has 3 aromatic heterocycles. The SMILES string of the molecule is O=C(Cl)c1ncc(-n2nnc3cccnc32)cc1F. The van der Waals surface area contributed by atoms with Crippen LogP contribution in [0.5, 0.6) is 0 Å². The quantitative estimate of drug-likeness (QED) is 0.667. The lowest BCUT2D eigenvalue weighted by molar-refractivity contribution is 0.107. The summed E-state index contributed by atoms with van der Waals surface area (Å²) in [6.07, 6.45) is 2.85. The first-order valence-corrected chi connectivity index (χ1v) is 5.57. The third-order valence-corrected chi connectivity index (χ3v) is 2.65. The van der Waals surface area contributed by atoms with Crippen LogP contribution in [0.2, 0.25) is 0 Å². The van der Waals surface area contributed by atoms with Gasteiger partial charge in [-0.3, -0.25) is 4.79 Å². The van der Waals surface area contributed by atoms with E-state index >= 15 is 0 Å². The van der Waals surface area contributed by atoms with Gasteiger partial charge in [-0.2, -0.15) is 4.68 Å². The van der Waals surface area contributed by atoms with Crippen LogP contribution in [0, 0.1) is 5.82 Å². The molecule has 0 saturated carbocycles. The number of carbonyl (C=O) groups excluding carboxylic acids is 1. The van der Waals surface area contributed by atoms with Crippen molar-refractivity contribution in [2.75, 3.05) is 0 Å². The zero-order valence-corrected chi connectivity index (χ0v) is 10.0. The maximum Gasteiger partial charge on any atom is 0.273 e. The van der Waals surface area contributed by atoms with Crippen LogP contribution < -0.4 is 0 Å². The Morgan fingerprint density at radius 1 is 1.37 bits per heavy atom. The molecule has 0 fully saturated rings. The van der Waals surface area contributed by atoms with Crippen molar-refractivity contribution >= 4 is 28.0 Å². The number of nitrogens with zero attached hydrogens (tertiary/aromatic N) is 5. The Balaban J connectivity index is 2.17. The van der Waals surface area contributed by atoms with Crippen LogP contribution in [-0.2, 0) is 0 Å². The van der Waals surface area contributed by atoms with Crippen LogP contribution in [0.15, 0.2) is 30.6 Å². The van der Waals surface area contributed by atoms with Gasteiger partial charge in [0.1, 0.15) is 5.52 Å². The lowest BCUT2D eigenvalue weighted by Gasteiger charge is -2.02. The molecule has 0 aliphatic rings. The summed E-state index contributed by atoms with van der Waals surface area (Å²) in [4.78, 5) is 18.7. The monoisotopic (exact) mass is 277 g/mol. The molecule has 19 heavy (non-hydrogen) atoms. The Morgan fingerprint density at radius 3 is 2.95 bits per heavy atom. The zero-order valence-electron chi connectivity index (χ0n) is 9.29. The van der Waals surface area contributed by atoms with E-state index in [4.69, 9.17) is 11.6 Å². The van der Waals surface area contributed by atoms with Gasteiger partial charge in [0.25, 0.3) is 5.24 Å². The predicted molar refractivity (Wildman–Crippen MR) is 64.6 cm³/mol. The molecule has 0 aromatic carbocycles. The number of pyridine rings is 2. The highest BCUT2D eigenvalue weighted by molar-refractivity contribution is 6.67. The predicted octanol–water partition coefficient (Wildman–Crippen LogP) is 1.73. The van der Waals surface area contributed by atoms with Crippen molar-refractivity contribution in [1.82, 2.24) is 25.0 Å². The van der Waals surface area contributed by atoms with Crippen molar-refractivity contribution in [1.29, 1.82) is 0 Å². The van der Waals surface area contributed by atoms with E-state index in [-0.39, 0.29) is 0 Å². The first kappa shape index (κ1) is 11.7. The summed E-state index contributed by atoms with van der Waals surface area (Å²) in [5, 5.41) is 6.80. The average molecular weight is 278 g/mol. The molecule has 0 aliphatic carbocycles. The Labute approximate surface area is 110 Å². The molecule has 3 aromatic rings. The van der Waals surface area contributed by atoms with E-state index < -0.39 is 16.8 Å². The minimum atomic E-state index is -0.953. The molecule has 8 heteroatoms. The number of hydrogen-bond acceptors (Lipinski definition) is 5. The van der Waals surface area contributed by atoms with Gasteiger partial charge in [-0.1, -0.05) is 5.21 Å². The molecule has 94 valence electrons. The molecular formula is C11H5ClFN5O. The highest BCUT2D eigenvalue weighted by Gasteiger charge is 2.14. The second kappa shape index (κ2) is 4.36. The van der Waals surface area contributed by atoms with Crippen LogP contribution in [0.1, 0.15) is 10.5 Å². The second-order valence-electron chi connectivity index (χ2n) is 3.65. The molecule has 0 amide bonds. The van der Waals surface area contributed by atoms with Crippen LogP contribution in [0.4, 0.5) is 4.39 Å². The minimum absolute atomic E-state index is 0.306. The van der Waals surface area contributed by atoms with E-state index in [1.165, 1.54) is 10.9 Å². The van der Waals surface area contributed by atoms with Gasteiger partial charge in [-0.15, -0.1) is 5.10 Å². The summed E-state index contributed by atoms with van der Waals surface area (Å²) in [5.41, 5.74) is 0.914. The lowest BCUT2D eigenvalue weighted by atomic mass is 10.3. The molecule has 0 atom stereocenters. The highest BCUT2D eigenvalue weighted by atomic mass is 35.5. The van der Waals surface area contributed by atoms with E-state index in [1.807, 2.05) is 0 Å². The van der Waals surface area contributed by atoms with Gasteiger partial charge >= 0.3 is 0 Å². The summed E-state index contributed by atoms with van der Waals surface area (Å²) >= 11 is 5.19. The van der Waals surface area contributed by atoms with Gasteiger partial charge in [0, 0.05) is 12.3 Å². The molecule has 0 aliphatic heterocycles. The number of hydrogen-bond donors (Lipinski definition) is 0. The van der Waals surface area contributed by atoms with E-state index in [1.54, 1.807) is 18.3 Å².